The Morgan fingerprint density at radius 1 is 0.818 bits per heavy atom. The highest BCUT2D eigenvalue weighted by Crippen LogP contribution is 2.36. The van der Waals surface area contributed by atoms with Gasteiger partial charge in [-0.1, -0.05) is 18.2 Å². The summed E-state index contributed by atoms with van der Waals surface area (Å²) >= 11 is 0. The summed E-state index contributed by atoms with van der Waals surface area (Å²) in [5.41, 5.74) is 9.37. The minimum Gasteiger partial charge on any atom is -0.493 e. The molecular formula is C27H28N2O4. The summed E-state index contributed by atoms with van der Waals surface area (Å²) in [4.78, 5) is 4.95. The molecule has 2 N–H and O–H groups in total. The topological polar surface area (TPSA) is 79.2 Å². The highest BCUT2D eigenvalue weighted by Gasteiger charge is 2.16. The second kappa shape index (κ2) is 9.28. The number of benzene rings is 2. The van der Waals surface area contributed by atoms with Crippen molar-refractivity contribution in [3.8, 4) is 28.4 Å². The maximum Gasteiger partial charge on any atom is 0.161 e. The molecule has 170 valence electrons. The number of nitrogens with two attached hydrogens (primary N) is 1. The Morgan fingerprint density at radius 3 is 2.21 bits per heavy atom. The molecule has 6 nitrogen and oxygen atoms in total. The molecule has 0 aliphatic rings. The standard InChI is InChI=1S/C27H28N2O4/c1-6-32-25-15-19(18-11-12-23(30-4)24(14-18)31-5)13-22(26-16(2)33-17(3)27(25)26)29-21-10-8-7-9-20(21)28/h7-15H,6,28H2,1-5H3. The highest BCUT2D eigenvalue weighted by atomic mass is 16.5. The van der Waals surface area contributed by atoms with Gasteiger partial charge in [0.25, 0.3) is 0 Å². The molecule has 0 aliphatic carbocycles. The zero-order valence-electron chi connectivity index (χ0n) is 19.6. The van der Waals surface area contributed by atoms with E-state index in [-0.39, 0.29) is 0 Å². The van der Waals surface area contributed by atoms with Crippen molar-refractivity contribution in [2.75, 3.05) is 26.6 Å². The average Bonchev–Trinajstić information content (AvgIpc) is 3.01. The molecule has 0 radical (unpaired) electrons. The number of ether oxygens (including phenoxy) is 3. The summed E-state index contributed by atoms with van der Waals surface area (Å²) in [6.07, 6.45) is 0. The summed E-state index contributed by atoms with van der Waals surface area (Å²) in [5, 5.41) is 2.54. The molecule has 0 atom stereocenters. The molecule has 1 aromatic heterocycles. The SMILES string of the molecule is CCOc1cc(-c2ccc(OC)c(OC)c2)cc(=Nc2ccccc2N)c2c(C)oc(C)c12. The van der Waals surface area contributed by atoms with Crippen molar-refractivity contribution in [3.63, 3.8) is 0 Å². The summed E-state index contributed by atoms with van der Waals surface area (Å²) in [7, 11) is 3.25. The summed E-state index contributed by atoms with van der Waals surface area (Å²) in [6.45, 7) is 6.36. The van der Waals surface area contributed by atoms with Gasteiger partial charge in [-0.25, -0.2) is 4.99 Å². The van der Waals surface area contributed by atoms with Gasteiger partial charge in [0.2, 0.25) is 0 Å². The molecule has 0 saturated carbocycles. The lowest BCUT2D eigenvalue weighted by atomic mass is 10.1. The van der Waals surface area contributed by atoms with Crippen LogP contribution in [0, 0.1) is 13.8 Å². The van der Waals surface area contributed by atoms with E-state index in [1.54, 1.807) is 14.2 Å². The largest absolute Gasteiger partial charge is 0.493 e. The minimum atomic E-state index is 0.520. The molecular weight excluding hydrogens is 416 g/mol. The highest BCUT2D eigenvalue weighted by molar-refractivity contribution is 5.93. The van der Waals surface area contributed by atoms with Crippen LogP contribution in [0.25, 0.3) is 21.9 Å². The van der Waals surface area contributed by atoms with Gasteiger partial charge in [0.15, 0.2) is 11.5 Å². The van der Waals surface area contributed by atoms with Crippen molar-refractivity contribution < 1.29 is 18.6 Å². The zero-order valence-corrected chi connectivity index (χ0v) is 19.6. The van der Waals surface area contributed by atoms with E-state index in [1.165, 1.54) is 0 Å². The number of hydrogen-bond donors (Lipinski definition) is 1. The number of furan rings is 1. The third kappa shape index (κ3) is 4.24. The van der Waals surface area contributed by atoms with Crippen molar-refractivity contribution in [2.24, 2.45) is 4.99 Å². The number of fused-ring (bicyclic) bond motifs is 1. The number of rotatable bonds is 6. The van der Waals surface area contributed by atoms with Crippen LogP contribution in [-0.4, -0.2) is 20.8 Å². The van der Waals surface area contributed by atoms with Crippen LogP contribution in [0.5, 0.6) is 17.2 Å². The maximum absolute atomic E-state index is 6.21. The number of anilines is 1. The van der Waals surface area contributed by atoms with Crippen LogP contribution in [0.2, 0.25) is 0 Å². The van der Waals surface area contributed by atoms with Crippen molar-refractivity contribution in [1.29, 1.82) is 0 Å². The van der Waals surface area contributed by atoms with Crippen LogP contribution >= 0.6 is 0 Å². The average molecular weight is 445 g/mol. The van der Waals surface area contributed by atoms with Gasteiger partial charge in [-0.3, -0.25) is 0 Å². The number of nitrogen functional groups attached to an aromatic ring is 1. The van der Waals surface area contributed by atoms with Gasteiger partial charge < -0.3 is 24.4 Å². The number of aryl methyl sites for hydroxylation is 2. The van der Waals surface area contributed by atoms with Gasteiger partial charge in [0.1, 0.15) is 17.3 Å². The van der Waals surface area contributed by atoms with Gasteiger partial charge in [0.05, 0.1) is 48.3 Å². The van der Waals surface area contributed by atoms with E-state index in [9.17, 15) is 0 Å². The molecule has 0 bridgehead atoms. The predicted molar refractivity (Wildman–Crippen MR) is 131 cm³/mol. The van der Waals surface area contributed by atoms with Gasteiger partial charge in [-0.15, -0.1) is 0 Å². The molecule has 0 aliphatic heterocycles. The first-order valence-electron chi connectivity index (χ1n) is 10.8. The minimum absolute atomic E-state index is 0.520. The monoisotopic (exact) mass is 444 g/mol. The fourth-order valence-corrected chi connectivity index (χ4v) is 4.02. The molecule has 6 heteroatoms. The molecule has 0 spiro atoms. The van der Waals surface area contributed by atoms with E-state index in [1.807, 2.05) is 75.4 Å². The van der Waals surface area contributed by atoms with E-state index in [0.29, 0.717) is 29.5 Å². The smallest absolute Gasteiger partial charge is 0.161 e. The second-order valence-electron chi connectivity index (χ2n) is 7.63. The predicted octanol–water partition coefficient (Wildman–Crippen LogP) is 5.95. The van der Waals surface area contributed by atoms with Crippen LogP contribution in [0.15, 0.2) is 64.0 Å². The Hall–Kier alpha value is -3.93. The van der Waals surface area contributed by atoms with Crippen LogP contribution in [0.4, 0.5) is 11.4 Å². The number of hydrogen-bond acceptors (Lipinski definition) is 6. The fraction of sp³-hybridized carbons (Fsp3) is 0.222. The second-order valence-corrected chi connectivity index (χ2v) is 7.63. The summed E-state index contributed by atoms with van der Waals surface area (Å²) in [5.74, 6) is 3.59. The van der Waals surface area contributed by atoms with E-state index < -0.39 is 0 Å². The van der Waals surface area contributed by atoms with Gasteiger partial charge in [-0.05, 0) is 68.3 Å². The van der Waals surface area contributed by atoms with Gasteiger partial charge in [-0.2, -0.15) is 0 Å². The Labute approximate surface area is 193 Å². The Morgan fingerprint density at radius 2 is 1.52 bits per heavy atom. The van der Waals surface area contributed by atoms with E-state index >= 15 is 0 Å². The number of nitrogens with zero attached hydrogens (tertiary/aromatic N) is 1. The first kappa shape index (κ1) is 22.3. The van der Waals surface area contributed by atoms with Crippen LogP contribution in [0.3, 0.4) is 0 Å². The first-order chi connectivity index (χ1) is 16.0. The molecule has 0 amide bonds. The third-order valence-electron chi connectivity index (χ3n) is 5.54. The van der Waals surface area contributed by atoms with Crippen molar-refractivity contribution in [3.05, 3.63) is 71.5 Å². The molecule has 0 fully saturated rings. The molecule has 4 rings (SSSR count). The van der Waals surface area contributed by atoms with Crippen molar-refractivity contribution >= 4 is 22.1 Å². The Balaban J connectivity index is 2.12. The molecule has 3 aromatic carbocycles. The van der Waals surface area contributed by atoms with E-state index in [4.69, 9.17) is 29.4 Å². The molecule has 1 heterocycles. The molecule has 0 unspecified atom stereocenters. The zero-order chi connectivity index (χ0) is 23.5. The normalized spacial score (nSPS) is 11.6. The van der Waals surface area contributed by atoms with E-state index in [0.717, 1.165) is 44.5 Å². The van der Waals surface area contributed by atoms with Crippen molar-refractivity contribution in [2.45, 2.75) is 20.8 Å². The number of methoxy groups -OCH3 is 2. The van der Waals surface area contributed by atoms with Crippen LogP contribution in [0.1, 0.15) is 18.4 Å². The Kier molecular flexibility index (Phi) is 6.27. The lowest BCUT2D eigenvalue weighted by molar-refractivity contribution is 0.344. The van der Waals surface area contributed by atoms with E-state index in [2.05, 4.69) is 0 Å². The lowest BCUT2D eigenvalue weighted by Crippen LogP contribution is -2.01. The molecule has 4 aromatic rings. The van der Waals surface area contributed by atoms with Crippen LogP contribution in [-0.2, 0) is 0 Å². The molecule has 0 saturated heterocycles. The summed E-state index contributed by atoms with van der Waals surface area (Å²) in [6, 6.07) is 17.4. The van der Waals surface area contributed by atoms with Crippen molar-refractivity contribution in [1.82, 2.24) is 0 Å². The molecule has 33 heavy (non-hydrogen) atoms. The quantitative estimate of drug-likeness (QED) is 0.372. The third-order valence-corrected chi connectivity index (χ3v) is 5.54. The number of para-hydroxylation sites is 2. The Bertz CT molecular complexity index is 1390. The fourth-order valence-electron chi connectivity index (χ4n) is 4.02. The van der Waals surface area contributed by atoms with Gasteiger partial charge >= 0.3 is 0 Å². The lowest BCUT2D eigenvalue weighted by Gasteiger charge is -2.09. The maximum atomic E-state index is 6.21. The summed E-state index contributed by atoms with van der Waals surface area (Å²) < 4.78 is 23.0. The first-order valence-corrected chi connectivity index (χ1v) is 10.8. The van der Waals surface area contributed by atoms with Gasteiger partial charge in [0, 0.05) is 0 Å². The van der Waals surface area contributed by atoms with Crippen LogP contribution < -0.4 is 25.3 Å².